The highest BCUT2D eigenvalue weighted by molar-refractivity contribution is 9.10. The van der Waals surface area contributed by atoms with Crippen molar-refractivity contribution in [2.75, 3.05) is 0 Å². The number of phenols is 1. The molecule has 0 saturated heterocycles. The van der Waals surface area contributed by atoms with Crippen molar-refractivity contribution in [2.24, 2.45) is 22.7 Å². The smallest absolute Gasteiger partial charge is 0.271 e. The quantitative estimate of drug-likeness (QED) is 0.312. The Hall–Kier alpha value is -2.21. The molecule has 4 aliphatic rings. The summed E-state index contributed by atoms with van der Waals surface area (Å²) in [6, 6.07) is 9.21. The van der Waals surface area contributed by atoms with Crippen LogP contribution in [0.1, 0.15) is 55.2 Å². The number of aryl methyl sites for hydroxylation is 1. The maximum atomic E-state index is 11.1. The highest BCUT2D eigenvalue weighted by Gasteiger charge is 2.51. The highest BCUT2D eigenvalue weighted by Crippen LogP contribution is 2.60. The molecule has 2 aromatic carbocycles. The molecule has 0 aliphatic heterocycles. The maximum absolute atomic E-state index is 11.1. The minimum Gasteiger partial charge on any atom is -0.506 e. The Balaban J connectivity index is 1.43. The zero-order valence-electron chi connectivity index (χ0n) is 17.0. The van der Waals surface area contributed by atoms with Gasteiger partial charge in [0.2, 0.25) is 0 Å². The van der Waals surface area contributed by atoms with E-state index in [4.69, 9.17) is 0 Å². The lowest BCUT2D eigenvalue weighted by Gasteiger charge is -2.57. The predicted molar refractivity (Wildman–Crippen MR) is 121 cm³/mol. The molecular weight excluding hydrogens is 444 g/mol. The number of benzene rings is 2. The van der Waals surface area contributed by atoms with Crippen LogP contribution in [0.4, 0.5) is 11.4 Å². The first-order valence-corrected chi connectivity index (χ1v) is 11.4. The Kier molecular flexibility index (Phi) is 4.73. The van der Waals surface area contributed by atoms with Gasteiger partial charge in [0.15, 0.2) is 0 Å². The van der Waals surface area contributed by atoms with E-state index < -0.39 is 4.92 Å². The molecule has 4 aliphatic carbocycles. The first-order chi connectivity index (χ1) is 14.3. The summed E-state index contributed by atoms with van der Waals surface area (Å²) >= 11 is 3.18. The molecule has 6 heteroatoms. The van der Waals surface area contributed by atoms with Gasteiger partial charge in [-0.3, -0.25) is 15.1 Å². The van der Waals surface area contributed by atoms with Gasteiger partial charge in [0.1, 0.15) is 5.75 Å². The molecular formula is C24H25BrN2O3. The molecule has 0 unspecified atom stereocenters. The van der Waals surface area contributed by atoms with Crippen molar-refractivity contribution >= 4 is 33.5 Å². The van der Waals surface area contributed by atoms with Crippen molar-refractivity contribution in [1.82, 2.24) is 0 Å². The fourth-order valence-electron chi connectivity index (χ4n) is 6.54. The molecule has 5 nitrogen and oxygen atoms in total. The molecule has 0 amide bonds. The van der Waals surface area contributed by atoms with Crippen LogP contribution in [0, 0.1) is 34.8 Å². The molecule has 30 heavy (non-hydrogen) atoms. The molecule has 0 spiro atoms. The summed E-state index contributed by atoms with van der Waals surface area (Å²) in [5.41, 5.74) is 3.97. The zero-order valence-corrected chi connectivity index (χ0v) is 18.6. The van der Waals surface area contributed by atoms with Crippen LogP contribution < -0.4 is 0 Å². The normalized spacial score (nSPS) is 29.6. The molecule has 6 rings (SSSR count). The van der Waals surface area contributed by atoms with Crippen LogP contribution in [0.3, 0.4) is 0 Å². The molecule has 0 atom stereocenters. The van der Waals surface area contributed by atoms with Gasteiger partial charge in [-0.05, 0) is 102 Å². The Morgan fingerprint density at radius 2 is 1.77 bits per heavy atom. The number of hydrogen-bond donors (Lipinski definition) is 1. The summed E-state index contributed by atoms with van der Waals surface area (Å²) in [5, 5.41) is 21.3. The average Bonchev–Trinajstić information content (AvgIpc) is 2.68. The van der Waals surface area contributed by atoms with Gasteiger partial charge in [-0.15, -0.1) is 0 Å². The number of rotatable bonds is 4. The van der Waals surface area contributed by atoms with E-state index >= 15 is 0 Å². The van der Waals surface area contributed by atoms with Crippen LogP contribution in [0.15, 0.2) is 39.8 Å². The number of aliphatic imine (C=N–C) groups is 1. The average molecular weight is 469 g/mol. The van der Waals surface area contributed by atoms with Gasteiger partial charge in [0.25, 0.3) is 5.69 Å². The molecule has 0 aromatic heterocycles. The fourth-order valence-corrected chi connectivity index (χ4v) is 7.01. The van der Waals surface area contributed by atoms with E-state index in [-0.39, 0.29) is 15.9 Å². The lowest BCUT2D eigenvalue weighted by molar-refractivity contribution is -0.385. The number of phenolic OH excluding ortho intramolecular Hbond substituents is 1. The van der Waals surface area contributed by atoms with E-state index in [1.807, 2.05) is 0 Å². The summed E-state index contributed by atoms with van der Waals surface area (Å²) in [4.78, 5) is 15.2. The standard InChI is InChI=1S/C24H25BrN2O3/c1-14-4-19(24-10-15-5-16(11-24)7-17(6-15)12-24)2-3-22(14)26-13-18-8-20(27(29)30)9-21(25)23(18)28/h2-4,8-9,13,15-17,28H,5-7,10-12H2,1H3. The van der Waals surface area contributed by atoms with Gasteiger partial charge in [-0.25, -0.2) is 0 Å². The maximum Gasteiger partial charge on any atom is 0.271 e. The largest absolute Gasteiger partial charge is 0.506 e. The van der Waals surface area contributed by atoms with Crippen molar-refractivity contribution < 1.29 is 10.0 Å². The number of aromatic hydroxyl groups is 1. The first-order valence-electron chi connectivity index (χ1n) is 10.6. The van der Waals surface area contributed by atoms with E-state index in [0.29, 0.717) is 11.0 Å². The van der Waals surface area contributed by atoms with Crippen molar-refractivity contribution in [2.45, 2.75) is 50.9 Å². The van der Waals surface area contributed by atoms with Gasteiger partial charge in [0.05, 0.1) is 15.1 Å². The second-order valence-corrected chi connectivity index (χ2v) is 10.4. The second-order valence-electron chi connectivity index (χ2n) is 9.58. The number of nitrogens with zero attached hydrogens (tertiary/aromatic N) is 2. The van der Waals surface area contributed by atoms with Crippen LogP contribution in [0.2, 0.25) is 0 Å². The summed E-state index contributed by atoms with van der Waals surface area (Å²) in [6.07, 6.45) is 9.79. The summed E-state index contributed by atoms with van der Waals surface area (Å²) in [5.74, 6) is 2.67. The van der Waals surface area contributed by atoms with Crippen molar-refractivity contribution in [3.8, 4) is 5.75 Å². The molecule has 2 aromatic rings. The number of nitro groups is 1. The third-order valence-electron chi connectivity index (χ3n) is 7.48. The van der Waals surface area contributed by atoms with E-state index in [2.05, 4.69) is 46.0 Å². The predicted octanol–water partition coefficient (Wildman–Crippen LogP) is 6.59. The van der Waals surface area contributed by atoms with E-state index in [1.165, 1.54) is 62.4 Å². The SMILES string of the molecule is Cc1cc(C23CC4CC(CC(C4)C2)C3)ccc1N=Cc1cc([N+](=O)[O-])cc(Br)c1O. The Labute approximate surface area is 184 Å². The number of hydrogen-bond acceptors (Lipinski definition) is 4. The fraction of sp³-hybridized carbons (Fsp3) is 0.458. The Bertz CT molecular complexity index is 1030. The van der Waals surface area contributed by atoms with E-state index in [0.717, 1.165) is 29.0 Å². The lowest BCUT2D eigenvalue weighted by atomic mass is 9.48. The third kappa shape index (κ3) is 3.35. The molecule has 0 heterocycles. The molecule has 4 saturated carbocycles. The summed E-state index contributed by atoms with van der Waals surface area (Å²) in [6.45, 7) is 2.07. The minimum atomic E-state index is -0.479. The van der Waals surface area contributed by atoms with Crippen LogP contribution in [0.25, 0.3) is 0 Å². The topological polar surface area (TPSA) is 75.7 Å². The van der Waals surface area contributed by atoms with Crippen molar-refractivity contribution in [3.63, 3.8) is 0 Å². The highest BCUT2D eigenvalue weighted by atomic mass is 79.9. The molecule has 4 bridgehead atoms. The van der Waals surface area contributed by atoms with Gasteiger partial charge in [-0.2, -0.15) is 0 Å². The van der Waals surface area contributed by atoms with Crippen LogP contribution in [0.5, 0.6) is 5.75 Å². The third-order valence-corrected chi connectivity index (χ3v) is 8.08. The molecule has 156 valence electrons. The number of non-ortho nitro benzene ring substituents is 1. The van der Waals surface area contributed by atoms with E-state index in [9.17, 15) is 15.2 Å². The zero-order chi connectivity index (χ0) is 21.0. The van der Waals surface area contributed by atoms with Gasteiger partial charge in [-0.1, -0.05) is 12.1 Å². The van der Waals surface area contributed by atoms with Crippen LogP contribution in [-0.2, 0) is 5.41 Å². The summed E-state index contributed by atoms with van der Waals surface area (Å²) in [7, 11) is 0. The molecule has 4 fully saturated rings. The second kappa shape index (κ2) is 7.19. The van der Waals surface area contributed by atoms with E-state index in [1.54, 1.807) is 0 Å². The molecule has 1 N–H and O–H groups in total. The van der Waals surface area contributed by atoms with Gasteiger partial charge < -0.3 is 5.11 Å². The monoisotopic (exact) mass is 468 g/mol. The number of halogens is 1. The summed E-state index contributed by atoms with van der Waals surface area (Å²) < 4.78 is 0.284. The van der Waals surface area contributed by atoms with Crippen LogP contribution >= 0.6 is 15.9 Å². The van der Waals surface area contributed by atoms with Crippen molar-refractivity contribution in [1.29, 1.82) is 0 Å². The molecule has 0 radical (unpaired) electrons. The van der Waals surface area contributed by atoms with Crippen molar-refractivity contribution in [3.05, 3.63) is 61.6 Å². The van der Waals surface area contributed by atoms with Gasteiger partial charge in [0, 0.05) is 23.9 Å². The Morgan fingerprint density at radius 3 is 2.33 bits per heavy atom. The van der Waals surface area contributed by atoms with Gasteiger partial charge >= 0.3 is 0 Å². The first kappa shape index (κ1) is 19.7. The van der Waals surface area contributed by atoms with Crippen LogP contribution in [-0.4, -0.2) is 16.2 Å². The number of nitro benzene ring substituents is 1. The minimum absolute atomic E-state index is 0.0489. The Morgan fingerprint density at radius 1 is 1.13 bits per heavy atom. The lowest BCUT2D eigenvalue weighted by Crippen LogP contribution is -2.48.